The van der Waals surface area contributed by atoms with Crippen LogP contribution in [0.25, 0.3) is 0 Å². The number of nitrogens with zero attached hydrogens (tertiary/aromatic N) is 1. The minimum absolute atomic E-state index is 0.213. The molecule has 1 heterocycles. The van der Waals surface area contributed by atoms with Crippen LogP contribution in [0, 0.1) is 0 Å². The van der Waals surface area contributed by atoms with Gasteiger partial charge in [0.25, 0.3) is 0 Å². The largest absolute Gasteiger partial charge is 0.378 e. The van der Waals surface area contributed by atoms with Crippen molar-refractivity contribution < 1.29 is 9.53 Å². The molecule has 1 aromatic carbocycles. The third-order valence-corrected chi connectivity index (χ3v) is 4.04. The molecule has 1 saturated heterocycles. The molecule has 0 saturated carbocycles. The van der Waals surface area contributed by atoms with Crippen molar-refractivity contribution in [2.24, 2.45) is 0 Å². The zero-order valence-corrected chi connectivity index (χ0v) is 12.2. The van der Waals surface area contributed by atoms with Crippen LogP contribution in [0.3, 0.4) is 0 Å². The van der Waals surface area contributed by atoms with E-state index in [1.54, 1.807) is 0 Å². The van der Waals surface area contributed by atoms with Gasteiger partial charge in [0.2, 0.25) is 0 Å². The van der Waals surface area contributed by atoms with Gasteiger partial charge < -0.3 is 4.74 Å². The van der Waals surface area contributed by atoms with Crippen LogP contribution in [0.4, 0.5) is 0 Å². The number of carbonyl (C=O) groups excluding carboxylic acids is 1. The van der Waals surface area contributed by atoms with E-state index < -0.39 is 0 Å². The first-order valence-corrected chi connectivity index (χ1v) is 8.09. The lowest BCUT2D eigenvalue weighted by atomic mass is 10.0. The van der Waals surface area contributed by atoms with Crippen LogP contribution in [0.1, 0.15) is 16.8 Å². The van der Waals surface area contributed by atoms with E-state index in [0.29, 0.717) is 13.0 Å². The average Bonchev–Trinajstić information content (AvgIpc) is 2.47. The Kier molecular flexibility index (Phi) is 5.89. The second-order valence-corrected chi connectivity index (χ2v) is 5.74. The van der Waals surface area contributed by atoms with Crippen molar-refractivity contribution in [3.8, 4) is 0 Å². The minimum Gasteiger partial charge on any atom is -0.378 e. The SMILES string of the molecule is CSCCN1CCOC[C@H]1CC(=O)c1ccccc1. The van der Waals surface area contributed by atoms with E-state index in [9.17, 15) is 4.79 Å². The molecular weight excluding hydrogens is 258 g/mol. The van der Waals surface area contributed by atoms with Gasteiger partial charge in [-0.3, -0.25) is 9.69 Å². The molecule has 0 bridgehead atoms. The highest BCUT2D eigenvalue weighted by Crippen LogP contribution is 2.14. The van der Waals surface area contributed by atoms with Gasteiger partial charge in [-0.15, -0.1) is 0 Å². The van der Waals surface area contributed by atoms with Gasteiger partial charge in [-0.05, 0) is 6.26 Å². The number of ether oxygens (including phenoxy) is 1. The van der Waals surface area contributed by atoms with Gasteiger partial charge in [-0.25, -0.2) is 0 Å². The lowest BCUT2D eigenvalue weighted by molar-refractivity contribution is -0.00543. The van der Waals surface area contributed by atoms with Crippen LogP contribution in [0.2, 0.25) is 0 Å². The summed E-state index contributed by atoms with van der Waals surface area (Å²) in [7, 11) is 0. The molecular formula is C15H21NO2S. The summed E-state index contributed by atoms with van der Waals surface area (Å²) in [5, 5.41) is 0. The Labute approximate surface area is 119 Å². The highest BCUT2D eigenvalue weighted by atomic mass is 32.2. The molecule has 0 unspecified atom stereocenters. The highest BCUT2D eigenvalue weighted by Gasteiger charge is 2.25. The smallest absolute Gasteiger partial charge is 0.164 e. The number of Topliss-reactive ketones (excluding diaryl/α,β-unsaturated/α-hetero) is 1. The van der Waals surface area contributed by atoms with E-state index in [-0.39, 0.29) is 11.8 Å². The molecule has 1 aromatic rings. The Bertz CT molecular complexity index is 396. The summed E-state index contributed by atoms with van der Waals surface area (Å²) in [6, 6.07) is 9.77. The summed E-state index contributed by atoms with van der Waals surface area (Å²) >= 11 is 1.85. The molecule has 0 aromatic heterocycles. The van der Waals surface area contributed by atoms with Crippen LogP contribution < -0.4 is 0 Å². The Morgan fingerprint density at radius 1 is 1.42 bits per heavy atom. The molecule has 19 heavy (non-hydrogen) atoms. The molecule has 104 valence electrons. The first kappa shape index (κ1) is 14.6. The van der Waals surface area contributed by atoms with Crippen LogP contribution in [0.15, 0.2) is 30.3 Å². The lowest BCUT2D eigenvalue weighted by Gasteiger charge is -2.35. The minimum atomic E-state index is 0.213. The van der Waals surface area contributed by atoms with Gasteiger partial charge in [0.15, 0.2) is 5.78 Å². The standard InChI is InChI=1S/C15H21NO2S/c1-19-10-8-16-7-9-18-12-14(16)11-15(17)13-5-3-2-4-6-13/h2-6,14H,7-12H2,1H3/t14-/m1/s1. The maximum atomic E-state index is 12.2. The van der Waals surface area contributed by atoms with Crippen molar-refractivity contribution in [3.05, 3.63) is 35.9 Å². The molecule has 3 nitrogen and oxygen atoms in total. The predicted octanol–water partition coefficient (Wildman–Crippen LogP) is 2.32. The van der Waals surface area contributed by atoms with Gasteiger partial charge in [0.1, 0.15) is 0 Å². The van der Waals surface area contributed by atoms with Gasteiger partial charge in [0, 0.05) is 36.9 Å². The van der Waals surface area contributed by atoms with E-state index in [1.165, 1.54) is 0 Å². The van der Waals surface area contributed by atoms with Gasteiger partial charge in [-0.1, -0.05) is 30.3 Å². The number of rotatable bonds is 6. The average molecular weight is 279 g/mol. The lowest BCUT2D eigenvalue weighted by Crippen LogP contribution is -2.47. The van der Waals surface area contributed by atoms with Crippen LogP contribution in [0.5, 0.6) is 0 Å². The van der Waals surface area contributed by atoms with Gasteiger partial charge >= 0.3 is 0 Å². The summed E-state index contributed by atoms with van der Waals surface area (Å²) in [5.74, 6) is 1.32. The molecule has 1 atom stereocenters. The fraction of sp³-hybridized carbons (Fsp3) is 0.533. The van der Waals surface area contributed by atoms with Crippen molar-refractivity contribution in [1.29, 1.82) is 0 Å². The molecule has 0 radical (unpaired) electrons. The number of hydrogen-bond acceptors (Lipinski definition) is 4. The predicted molar refractivity (Wildman–Crippen MR) is 80.0 cm³/mol. The second kappa shape index (κ2) is 7.68. The summed E-state index contributed by atoms with van der Waals surface area (Å²) < 4.78 is 5.53. The summed E-state index contributed by atoms with van der Waals surface area (Å²) in [6.07, 6.45) is 2.67. The molecule has 1 fully saturated rings. The maximum Gasteiger partial charge on any atom is 0.164 e. The summed E-state index contributed by atoms with van der Waals surface area (Å²) in [6.45, 7) is 3.43. The fourth-order valence-corrected chi connectivity index (χ4v) is 2.75. The van der Waals surface area contributed by atoms with Crippen molar-refractivity contribution >= 4 is 17.5 Å². The van der Waals surface area contributed by atoms with Crippen molar-refractivity contribution in [3.63, 3.8) is 0 Å². The summed E-state index contributed by atoms with van der Waals surface area (Å²) in [5.41, 5.74) is 0.804. The fourth-order valence-electron chi connectivity index (χ4n) is 2.34. The summed E-state index contributed by atoms with van der Waals surface area (Å²) in [4.78, 5) is 14.6. The normalized spacial score (nSPS) is 20.4. The van der Waals surface area contributed by atoms with Crippen molar-refractivity contribution in [1.82, 2.24) is 4.90 Å². The molecule has 4 heteroatoms. The second-order valence-electron chi connectivity index (χ2n) is 4.75. The molecule has 0 aliphatic carbocycles. The van der Waals surface area contributed by atoms with E-state index in [4.69, 9.17) is 4.74 Å². The van der Waals surface area contributed by atoms with Crippen molar-refractivity contribution in [2.75, 3.05) is 38.3 Å². The molecule has 1 aliphatic rings. The molecule has 0 N–H and O–H groups in total. The molecule has 0 spiro atoms. The number of morpholine rings is 1. The van der Waals surface area contributed by atoms with Gasteiger partial charge in [0.05, 0.1) is 13.2 Å². The number of ketones is 1. The molecule has 2 rings (SSSR count). The zero-order valence-electron chi connectivity index (χ0n) is 11.4. The Balaban J connectivity index is 1.93. The van der Waals surface area contributed by atoms with Gasteiger partial charge in [-0.2, -0.15) is 11.8 Å². The number of benzene rings is 1. The third-order valence-electron chi connectivity index (χ3n) is 3.45. The monoisotopic (exact) mass is 279 g/mol. The maximum absolute atomic E-state index is 12.2. The Morgan fingerprint density at radius 3 is 2.95 bits per heavy atom. The number of thioether (sulfide) groups is 1. The van der Waals surface area contributed by atoms with Crippen molar-refractivity contribution in [2.45, 2.75) is 12.5 Å². The van der Waals surface area contributed by atoms with Crippen LogP contribution >= 0.6 is 11.8 Å². The van der Waals surface area contributed by atoms with E-state index in [1.807, 2.05) is 42.1 Å². The van der Waals surface area contributed by atoms with Crippen LogP contribution in [-0.4, -0.2) is 55.0 Å². The topological polar surface area (TPSA) is 29.5 Å². The zero-order chi connectivity index (χ0) is 13.5. The van der Waals surface area contributed by atoms with E-state index in [2.05, 4.69) is 11.2 Å². The Hall–Kier alpha value is -0.840. The third kappa shape index (κ3) is 4.34. The number of hydrogen-bond donors (Lipinski definition) is 0. The molecule has 1 aliphatic heterocycles. The first-order chi connectivity index (χ1) is 9.31. The number of carbonyl (C=O) groups is 1. The highest BCUT2D eigenvalue weighted by molar-refractivity contribution is 7.98. The van der Waals surface area contributed by atoms with E-state index >= 15 is 0 Å². The quantitative estimate of drug-likeness (QED) is 0.748. The molecule has 0 amide bonds. The van der Waals surface area contributed by atoms with Crippen LogP contribution in [-0.2, 0) is 4.74 Å². The first-order valence-electron chi connectivity index (χ1n) is 6.70. The Morgan fingerprint density at radius 2 is 2.21 bits per heavy atom. The van der Waals surface area contributed by atoms with E-state index in [0.717, 1.165) is 31.0 Å².